The summed E-state index contributed by atoms with van der Waals surface area (Å²) in [5.41, 5.74) is 2.76. The van der Waals surface area contributed by atoms with Crippen LogP contribution in [0.1, 0.15) is 31.1 Å². The van der Waals surface area contributed by atoms with Gasteiger partial charge in [-0.25, -0.2) is 0 Å². The Bertz CT molecular complexity index is 686. The summed E-state index contributed by atoms with van der Waals surface area (Å²) in [6, 6.07) is 17.1. The molecule has 0 aromatic heterocycles. The van der Waals surface area contributed by atoms with E-state index in [4.69, 9.17) is 4.74 Å². The second-order valence-corrected chi connectivity index (χ2v) is 5.17. The number of rotatable bonds is 4. The normalized spacial score (nSPS) is 11.0. The molecule has 0 fully saturated rings. The van der Waals surface area contributed by atoms with Crippen molar-refractivity contribution in [1.82, 2.24) is 0 Å². The molecule has 1 N–H and O–H groups in total. The number of aliphatic hydroxyl groups excluding tert-OH is 1. The van der Waals surface area contributed by atoms with Crippen molar-refractivity contribution < 1.29 is 9.84 Å². The summed E-state index contributed by atoms with van der Waals surface area (Å²) in [5.74, 6) is 6.50. The molecule has 0 aliphatic carbocycles. The Morgan fingerprint density at radius 2 is 1.77 bits per heavy atom. The van der Waals surface area contributed by atoms with E-state index in [1.54, 1.807) is 0 Å². The molecule has 0 saturated heterocycles. The molecule has 112 valence electrons. The molecule has 0 aliphatic heterocycles. The van der Waals surface area contributed by atoms with E-state index >= 15 is 0 Å². The van der Waals surface area contributed by atoms with E-state index in [0.29, 0.717) is 17.9 Å². The molecule has 0 heterocycles. The minimum atomic E-state index is -0.872. The first-order chi connectivity index (χ1) is 10.7. The van der Waals surface area contributed by atoms with Gasteiger partial charge in [0.05, 0.1) is 0 Å². The van der Waals surface area contributed by atoms with E-state index in [1.165, 1.54) is 5.57 Å². The SMILES string of the molecule is CC(C)=CCOc1ccccc1[C@H](O)C#Cc1ccccc1. The van der Waals surface area contributed by atoms with Crippen molar-refractivity contribution in [2.45, 2.75) is 20.0 Å². The van der Waals surface area contributed by atoms with Gasteiger partial charge in [-0.1, -0.05) is 53.8 Å². The van der Waals surface area contributed by atoms with Crippen LogP contribution in [0, 0.1) is 11.8 Å². The Kier molecular flexibility index (Phi) is 5.82. The highest BCUT2D eigenvalue weighted by molar-refractivity contribution is 5.41. The summed E-state index contributed by atoms with van der Waals surface area (Å²) in [4.78, 5) is 0. The molecular formula is C20H20O2. The summed E-state index contributed by atoms with van der Waals surface area (Å²) >= 11 is 0. The molecule has 0 saturated carbocycles. The summed E-state index contributed by atoms with van der Waals surface area (Å²) in [7, 11) is 0. The molecule has 0 unspecified atom stereocenters. The molecule has 2 heteroatoms. The second kappa shape index (κ2) is 8.07. The molecule has 2 aromatic rings. The third-order valence-corrected chi connectivity index (χ3v) is 3.07. The standard InChI is InChI=1S/C20H20O2/c1-16(2)14-15-22-20-11-7-6-10-18(20)19(21)13-12-17-8-4-3-5-9-17/h3-11,14,19,21H,15H2,1-2H3/t19-/m1/s1. The van der Waals surface area contributed by atoms with E-state index in [1.807, 2.05) is 74.5 Å². The Balaban J connectivity index is 2.14. The van der Waals surface area contributed by atoms with Crippen LogP contribution in [-0.2, 0) is 0 Å². The highest BCUT2D eigenvalue weighted by Gasteiger charge is 2.10. The first-order valence-electron chi connectivity index (χ1n) is 7.26. The number of ether oxygens (including phenoxy) is 1. The third kappa shape index (κ3) is 4.80. The minimum Gasteiger partial charge on any atom is -0.489 e. The maximum Gasteiger partial charge on any atom is 0.144 e. The average molecular weight is 292 g/mol. The van der Waals surface area contributed by atoms with Crippen LogP contribution >= 0.6 is 0 Å². The summed E-state index contributed by atoms with van der Waals surface area (Å²) in [5, 5.41) is 10.3. The van der Waals surface area contributed by atoms with E-state index in [0.717, 1.165) is 5.56 Å². The van der Waals surface area contributed by atoms with E-state index in [-0.39, 0.29) is 0 Å². The van der Waals surface area contributed by atoms with Crippen LogP contribution in [0.2, 0.25) is 0 Å². The van der Waals surface area contributed by atoms with Gasteiger partial charge in [0.1, 0.15) is 18.5 Å². The van der Waals surface area contributed by atoms with Crippen LogP contribution < -0.4 is 4.74 Å². The predicted molar refractivity (Wildman–Crippen MR) is 89.6 cm³/mol. The van der Waals surface area contributed by atoms with Crippen molar-refractivity contribution in [2.75, 3.05) is 6.61 Å². The molecule has 1 atom stereocenters. The summed E-state index contributed by atoms with van der Waals surface area (Å²) in [6.45, 7) is 4.53. The fourth-order valence-electron chi connectivity index (χ4n) is 1.89. The fourth-order valence-corrected chi connectivity index (χ4v) is 1.89. The number of aliphatic hydroxyl groups is 1. The lowest BCUT2D eigenvalue weighted by atomic mass is 10.1. The Morgan fingerprint density at radius 3 is 2.50 bits per heavy atom. The largest absolute Gasteiger partial charge is 0.489 e. The second-order valence-electron chi connectivity index (χ2n) is 5.17. The first kappa shape index (κ1) is 15.9. The van der Waals surface area contributed by atoms with E-state index in [9.17, 15) is 5.11 Å². The van der Waals surface area contributed by atoms with Crippen LogP contribution in [-0.4, -0.2) is 11.7 Å². The molecule has 2 rings (SSSR count). The minimum absolute atomic E-state index is 0.484. The monoisotopic (exact) mass is 292 g/mol. The van der Waals surface area contributed by atoms with Crippen LogP contribution in [0.4, 0.5) is 0 Å². The molecular weight excluding hydrogens is 272 g/mol. The Labute approximate surface area is 132 Å². The highest BCUT2D eigenvalue weighted by atomic mass is 16.5. The van der Waals surface area contributed by atoms with Crippen molar-refractivity contribution in [3.63, 3.8) is 0 Å². The van der Waals surface area contributed by atoms with Crippen molar-refractivity contribution in [1.29, 1.82) is 0 Å². The van der Waals surface area contributed by atoms with Gasteiger partial charge in [0, 0.05) is 11.1 Å². The topological polar surface area (TPSA) is 29.5 Å². The maximum atomic E-state index is 10.3. The third-order valence-electron chi connectivity index (χ3n) is 3.07. The number of allylic oxidation sites excluding steroid dienone is 1. The molecule has 0 spiro atoms. The lowest BCUT2D eigenvalue weighted by Gasteiger charge is -2.11. The molecule has 0 amide bonds. The molecule has 0 bridgehead atoms. The average Bonchev–Trinajstić information content (AvgIpc) is 2.54. The zero-order chi connectivity index (χ0) is 15.8. The van der Waals surface area contributed by atoms with Gasteiger partial charge in [-0.3, -0.25) is 0 Å². The lowest BCUT2D eigenvalue weighted by molar-refractivity contribution is 0.230. The molecule has 2 aromatic carbocycles. The molecule has 0 radical (unpaired) electrons. The smallest absolute Gasteiger partial charge is 0.144 e. The van der Waals surface area contributed by atoms with Gasteiger partial charge in [-0.15, -0.1) is 0 Å². The van der Waals surface area contributed by atoms with Crippen LogP contribution in [0.3, 0.4) is 0 Å². The number of benzene rings is 2. The Morgan fingerprint density at radius 1 is 1.09 bits per heavy atom. The van der Waals surface area contributed by atoms with E-state index in [2.05, 4.69) is 11.8 Å². The van der Waals surface area contributed by atoms with Gasteiger partial charge < -0.3 is 9.84 Å². The predicted octanol–water partition coefficient (Wildman–Crippen LogP) is 4.12. The van der Waals surface area contributed by atoms with Gasteiger partial charge in [-0.05, 0) is 38.1 Å². The van der Waals surface area contributed by atoms with Gasteiger partial charge in [0.2, 0.25) is 0 Å². The van der Waals surface area contributed by atoms with Gasteiger partial charge in [0.15, 0.2) is 0 Å². The van der Waals surface area contributed by atoms with Crippen molar-refractivity contribution >= 4 is 0 Å². The number of hydrogen-bond donors (Lipinski definition) is 1. The first-order valence-corrected chi connectivity index (χ1v) is 7.26. The fraction of sp³-hybridized carbons (Fsp3) is 0.200. The van der Waals surface area contributed by atoms with Crippen molar-refractivity contribution in [3.05, 3.63) is 77.4 Å². The van der Waals surface area contributed by atoms with Crippen LogP contribution in [0.25, 0.3) is 0 Å². The number of para-hydroxylation sites is 1. The highest BCUT2D eigenvalue weighted by Crippen LogP contribution is 2.24. The maximum absolute atomic E-state index is 10.3. The zero-order valence-electron chi connectivity index (χ0n) is 12.9. The van der Waals surface area contributed by atoms with Gasteiger partial charge in [0.25, 0.3) is 0 Å². The van der Waals surface area contributed by atoms with Gasteiger partial charge >= 0.3 is 0 Å². The van der Waals surface area contributed by atoms with Gasteiger partial charge in [-0.2, -0.15) is 0 Å². The zero-order valence-corrected chi connectivity index (χ0v) is 12.9. The lowest BCUT2D eigenvalue weighted by Crippen LogP contribution is -2.01. The number of hydrogen-bond acceptors (Lipinski definition) is 2. The molecule has 22 heavy (non-hydrogen) atoms. The molecule has 0 aliphatic rings. The summed E-state index contributed by atoms with van der Waals surface area (Å²) in [6.07, 6.45) is 1.13. The quantitative estimate of drug-likeness (QED) is 0.678. The Hall–Kier alpha value is -2.50. The van der Waals surface area contributed by atoms with E-state index < -0.39 is 6.10 Å². The van der Waals surface area contributed by atoms with Crippen LogP contribution in [0.5, 0.6) is 5.75 Å². The van der Waals surface area contributed by atoms with Crippen molar-refractivity contribution in [3.8, 4) is 17.6 Å². The van der Waals surface area contributed by atoms with Crippen molar-refractivity contribution in [2.24, 2.45) is 0 Å². The van der Waals surface area contributed by atoms with Crippen LogP contribution in [0.15, 0.2) is 66.2 Å². The summed E-state index contributed by atoms with van der Waals surface area (Å²) < 4.78 is 5.72. The molecule has 2 nitrogen and oxygen atoms in total.